The van der Waals surface area contributed by atoms with Crippen LogP contribution in [0.1, 0.15) is 16.1 Å². The highest BCUT2D eigenvalue weighted by atomic mass is 35.5. The average Bonchev–Trinajstić information content (AvgIpc) is 3.18. The third-order valence-electron chi connectivity index (χ3n) is 3.79. The fourth-order valence-electron chi connectivity index (χ4n) is 2.39. The fraction of sp³-hybridized carbons (Fsp3) is 0.167. The average molecular weight is 407 g/mol. The van der Waals surface area contributed by atoms with Crippen molar-refractivity contribution in [2.75, 3.05) is 14.2 Å². The molecular formula is C18H16Cl2N4O3. The standard InChI is InChI=1S/C18H16Cl2N4O3/c1-26-16-6-3-11(7-17(16)27-2)9-21-18(25)15-10-24(23-22-15)12-4-5-13(19)14(20)8-12/h3-8,10H,9H2,1-2H3,(H,21,25). The van der Waals surface area contributed by atoms with Crippen molar-refractivity contribution in [2.45, 2.75) is 6.54 Å². The molecule has 1 aromatic heterocycles. The number of aromatic nitrogens is 3. The van der Waals surface area contributed by atoms with Gasteiger partial charge in [-0.05, 0) is 35.9 Å². The second-order valence-electron chi connectivity index (χ2n) is 5.52. The van der Waals surface area contributed by atoms with Crippen molar-refractivity contribution in [1.29, 1.82) is 0 Å². The number of halogens is 2. The number of amides is 1. The second kappa shape index (κ2) is 8.28. The van der Waals surface area contributed by atoms with Gasteiger partial charge >= 0.3 is 0 Å². The Balaban J connectivity index is 1.68. The zero-order valence-electron chi connectivity index (χ0n) is 14.6. The number of nitrogens with zero attached hydrogens (tertiary/aromatic N) is 3. The number of hydrogen-bond acceptors (Lipinski definition) is 5. The lowest BCUT2D eigenvalue weighted by Crippen LogP contribution is -2.23. The van der Waals surface area contributed by atoms with E-state index in [2.05, 4.69) is 15.6 Å². The minimum atomic E-state index is -0.351. The van der Waals surface area contributed by atoms with Gasteiger partial charge < -0.3 is 14.8 Å². The number of methoxy groups -OCH3 is 2. The summed E-state index contributed by atoms with van der Waals surface area (Å²) in [7, 11) is 3.12. The first-order chi connectivity index (χ1) is 13.0. The molecule has 0 unspecified atom stereocenters. The normalized spacial score (nSPS) is 10.5. The first-order valence-corrected chi connectivity index (χ1v) is 8.64. The molecule has 0 fully saturated rings. The minimum Gasteiger partial charge on any atom is -0.493 e. The van der Waals surface area contributed by atoms with Crippen LogP contribution >= 0.6 is 23.2 Å². The number of carbonyl (C=O) groups excluding carboxylic acids is 1. The fourth-order valence-corrected chi connectivity index (χ4v) is 2.68. The van der Waals surface area contributed by atoms with Crippen molar-refractivity contribution in [3.05, 3.63) is 63.9 Å². The van der Waals surface area contributed by atoms with Gasteiger partial charge in [-0.1, -0.05) is 34.5 Å². The molecule has 0 atom stereocenters. The molecule has 0 bridgehead atoms. The molecule has 140 valence electrons. The summed E-state index contributed by atoms with van der Waals surface area (Å²) in [5.41, 5.74) is 1.69. The third-order valence-corrected chi connectivity index (χ3v) is 4.53. The molecular weight excluding hydrogens is 391 g/mol. The Kier molecular flexibility index (Phi) is 5.83. The van der Waals surface area contributed by atoms with Gasteiger partial charge in [0.15, 0.2) is 17.2 Å². The Bertz CT molecular complexity index is 975. The summed E-state index contributed by atoms with van der Waals surface area (Å²) in [4.78, 5) is 12.3. The largest absolute Gasteiger partial charge is 0.493 e. The Morgan fingerprint density at radius 2 is 1.85 bits per heavy atom. The zero-order chi connectivity index (χ0) is 19.4. The smallest absolute Gasteiger partial charge is 0.273 e. The lowest BCUT2D eigenvalue weighted by atomic mass is 10.2. The highest BCUT2D eigenvalue weighted by Crippen LogP contribution is 2.27. The maximum atomic E-state index is 12.3. The number of hydrogen-bond donors (Lipinski definition) is 1. The van der Waals surface area contributed by atoms with E-state index in [9.17, 15) is 4.79 Å². The van der Waals surface area contributed by atoms with Crippen molar-refractivity contribution in [1.82, 2.24) is 20.3 Å². The Morgan fingerprint density at radius 1 is 1.07 bits per heavy atom. The van der Waals surface area contributed by atoms with Gasteiger partial charge in [-0.25, -0.2) is 4.68 Å². The van der Waals surface area contributed by atoms with E-state index < -0.39 is 0 Å². The van der Waals surface area contributed by atoms with Crippen molar-refractivity contribution in [2.24, 2.45) is 0 Å². The summed E-state index contributed by atoms with van der Waals surface area (Å²) in [5.74, 6) is 0.864. The number of rotatable bonds is 6. The lowest BCUT2D eigenvalue weighted by molar-refractivity contribution is 0.0946. The first-order valence-electron chi connectivity index (χ1n) is 7.88. The number of carbonyl (C=O) groups is 1. The molecule has 0 radical (unpaired) electrons. The summed E-state index contributed by atoms with van der Waals surface area (Å²) in [6.07, 6.45) is 1.52. The molecule has 0 aliphatic heterocycles. The van der Waals surface area contributed by atoms with Crippen LogP contribution in [0.5, 0.6) is 11.5 Å². The molecule has 0 saturated carbocycles. The quantitative estimate of drug-likeness (QED) is 0.677. The van der Waals surface area contributed by atoms with E-state index in [0.29, 0.717) is 33.8 Å². The van der Waals surface area contributed by atoms with Gasteiger partial charge in [0.05, 0.1) is 36.1 Å². The van der Waals surface area contributed by atoms with E-state index in [1.54, 1.807) is 44.6 Å². The van der Waals surface area contributed by atoms with Gasteiger partial charge in [0.1, 0.15) is 0 Å². The lowest BCUT2D eigenvalue weighted by Gasteiger charge is -2.09. The van der Waals surface area contributed by atoms with Crippen LogP contribution in [0.15, 0.2) is 42.6 Å². The molecule has 3 rings (SSSR count). The predicted molar refractivity (Wildman–Crippen MR) is 102 cm³/mol. The summed E-state index contributed by atoms with van der Waals surface area (Å²) in [6.45, 7) is 0.304. The van der Waals surface area contributed by atoms with E-state index in [0.717, 1.165) is 5.56 Å². The van der Waals surface area contributed by atoms with Crippen LogP contribution < -0.4 is 14.8 Å². The molecule has 7 nitrogen and oxygen atoms in total. The van der Waals surface area contributed by atoms with Gasteiger partial charge in [-0.15, -0.1) is 5.10 Å². The Hall–Kier alpha value is -2.77. The van der Waals surface area contributed by atoms with Gasteiger partial charge in [-0.3, -0.25) is 4.79 Å². The maximum Gasteiger partial charge on any atom is 0.273 e. The van der Waals surface area contributed by atoms with Crippen LogP contribution in [0.4, 0.5) is 0 Å². The van der Waals surface area contributed by atoms with Crippen LogP contribution in [0.3, 0.4) is 0 Å². The van der Waals surface area contributed by atoms with Gasteiger partial charge in [0, 0.05) is 6.54 Å². The van der Waals surface area contributed by atoms with E-state index in [4.69, 9.17) is 32.7 Å². The summed E-state index contributed by atoms with van der Waals surface area (Å²) >= 11 is 11.9. The monoisotopic (exact) mass is 406 g/mol. The molecule has 9 heteroatoms. The molecule has 0 aliphatic carbocycles. The maximum absolute atomic E-state index is 12.3. The highest BCUT2D eigenvalue weighted by molar-refractivity contribution is 6.42. The van der Waals surface area contributed by atoms with Crippen molar-refractivity contribution < 1.29 is 14.3 Å². The minimum absolute atomic E-state index is 0.182. The van der Waals surface area contributed by atoms with Gasteiger partial charge in [0.2, 0.25) is 0 Å². The predicted octanol–water partition coefficient (Wildman–Crippen LogP) is 3.52. The van der Waals surface area contributed by atoms with Crippen LogP contribution in [0.2, 0.25) is 10.0 Å². The molecule has 1 N–H and O–H groups in total. The second-order valence-corrected chi connectivity index (χ2v) is 6.33. The molecule has 27 heavy (non-hydrogen) atoms. The Morgan fingerprint density at radius 3 is 2.56 bits per heavy atom. The van der Waals surface area contributed by atoms with E-state index in [1.807, 2.05) is 6.07 Å². The molecule has 0 aliphatic rings. The molecule has 1 amide bonds. The first kappa shape index (κ1) is 19.0. The van der Waals surface area contributed by atoms with E-state index in [-0.39, 0.29) is 11.6 Å². The van der Waals surface area contributed by atoms with Gasteiger partial charge in [-0.2, -0.15) is 0 Å². The van der Waals surface area contributed by atoms with Crippen LogP contribution in [-0.4, -0.2) is 35.1 Å². The van der Waals surface area contributed by atoms with Crippen LogP contribution in [-0.2, 0) is 6.54 Å². The summed E-state index contributed by atoms with van der Waals surface area (Å²) in [5, 5.41) is 11.5. The van der Waals surface area contributed by atoms with Gasteiger partial charge in [0.25, 0.3) is 5.91 Å². The number of ether oxygens (including phenoxy) is 2. The SMILES string of the molecule is COc1ccc(CNC(=O)c2cn(-c3ccc(Cl)c(Cl)c3)nn2)cc1OC. The van der Waals surface area contributed by atoms with E-state index >= 15 is 0 Å². The zero-order valence-corrected chi connectivity index (χ0v) is 16.1. The number of benzene rings is 2. The number of nitrogens with one attached hydrogen (secondary N) is 1. The van der Waals surface area contributed by atoms with Crippen LogP contribution in [0.25, 0.3) is 5.69 Å². The van der Waals surface area contributed by atoms with Crippen molar-refractivity contribution >= 4 is 29.1 Å². The van der Waals surface area contributed by atoms with Crippen molar-refractivity contribution in [3.63, 3.8) is 0 Å². The molecule has 1 heterocycles. The molecule has 3 aromatic rings. The van der Waals surface area contributed by atoms with Crippen molar-refractivity contribution in [3.8, 4) is 17.2 Å². The third kappa shape index (κ3) is 4.32. The Labute approximate surface area is 165 Å². The molecule has 0 saturated heterocycles. The van der Waals surface area contributed by atoms with Crippen LogP contribution in [0, 0.1) is 0 Å². The topological polar surface area (TPSA) is 78.3 Å². The highest BCUT2D eigenvalue weighted by Gasteiger charge is 2.13. The molecule has 0 spiro atoms. The summed E-state index contributed by atoms with van der Waals surface area (Å²) < 4.78 is 11.9. The molecule has 2 aromatic carbocycles. The van der Waals surface area contributed by atoms with E-state index in [1.165, 1.54) is 10.9 Å². The summed E-state index contributed by atoms with van der Waals surface area (Å²) in [6, 6.07) is 10.4.